The van der Waals surface area contributed by atoms with Gasteiger partial charge in [0.1, 0.15) is 6.04 Å². The summed E-state index contributed by atoms with van der Waals surface area (Å²) in [5.74, 6) is -0.984. The molecule has 0 saturated carbocycles. The van der Waals surface area contributed by atoms with Crippen molar-refractivity contribution < 1.29 is 9.90 Å². The van der Waals surface area contributed by atoms with E-state index >= 15 is 0 Å². The van der Waals surface area contributed by atoms with Crippen LogP contribution in [0.1, 0.15) is 31.5 Å². The molecule has 4 nitrogen and oxygen atoms in total. The van der Waals surface area contributed by atoms with Crippen LogP contribution in [0.4, 0.5) is 0 Å². The van der Waals surface area contributed by atoms with Crippen LogP contribution in [0.2, 0.25) is 0 Å². The van der Waals surface area contributed by atoms with Crippen molar-refractivity contribution in [2.45, 2.75) is 38.6 Å². The number of thiazole rings is 1. The molecule has 0 saturated heterocycles. The molecular formula is C10H16N2O2S. The molecule has 0 aliphatic heterocycles. The van der Waals surface area contributed by atoms with Crippen LogP contribution in [-0.2, 0) is 16.6 Å². The molecule has 3 N–H and O–H groups in total. The molecule has 1 atom stereocenters. The smallest absolute Gasteiger partial charge is 0.320 e. The number of nitrogens with two attached hydrogens (primary N) is 1. The maximum Gasteiger partial charge on any atom is 0.320 e. The predicted octanol–water partition coefficient (Wildman–Crippen LogP) is 1.40. The van der Waals surface area contributed by atoms with E-state index in [0.29, 0.717) is 6.42 Å². The van der Waals surface area contributed by atoms with Gasteiger partial charge >= 0.3 is 5.97 Å². The van der Waals surface area contributed by atoms with Crippen molar-refractivity contribution in [3.8, 4) is 0 Å². The van der Waals surface area contributed by atoms with E-state index in [0.717, 1.165) is 10.7 Å². The minimum absolute atomic E-state index is 0.00205. The number of carboxylic acid groups (broad SMARTS) is 1. The maximum atomic E-state index is 10.6. The summed E-state index contributed by atoms with van der Waals surface area (Å²) in [6.07, 6.45) is 0.302. The van der Waals surface area contributed by atoms with Crippen LogP contribution in [0.5, 0.6) is 0 Å². The normalized spacial score (nSPS) is 13.9. The number of rotatable bonds is 3. The van der Waals surface area contributed by atoms with Crippen molar-refractivity contribution in [1.82, 2.24) is 4.98 Å². The number of aromatic nitrogens is 1. The van der Waals surface area contributed by atoms with Crippen LogP contribution in [0.3, 0.4) is 0 Å². The first kappa shape index (κ1) is 12.1. The Morgan fingerprint density at radius 3 is 2.67 bits per heavy atom. The number of hydrogen-bond acceptors (Lipinski definition) is 4. The van der Waals surface area contributed by atoms with Crippen molar-refractivity contribution in [3.05, 3.63) is 16.1 Å². The fourth-order valence-corrected chi connectivity index (χ4v) is 2.11. The van der Waals surface area contributed by atoms with Gasteiger partial charge in [-0.15, -0.1) is 11.3 Å². The van der Waals surface area contributed by atoms with Gasteiger partial charge in [-0.05, 0) is 0 Å². The first-order valence-corrected chi connectivity index (χ1v) is 5.62. The Morgan fingerprint density at radius 2 is 2.27 bits per heavy atom. The Labute approximate surface area is 93.1 Å². The zero-order valence-electron chi connectivity index (χ0n) is 9.15. The summed E-state index contributed by atoms with van der Waals surface area (Å²) in [6.45, 7) is 6.22. The van der Waals surface area contributed by atoms with Gasteiger partial charge in [0.2, 0.25) is 0 Å². The number of nitrogens with zero attached hydrogens (tertiary/aromatic N) is 1. The Balaban J connectivity index is 2.73. The van der Waals surface area contributed by atoms with E-state index in [-0.39, 0.29) is 5.41 Å². The molecule has 0 fully saturated rings. The lowest BCUT2D eigenvalue weighted by atomic mass is 9.93. The highest BCUT2D eigenvalue weighted by Gasteiger charge is 2.19. The van der Waals surface area contributed by atoms with Crippen molar-refractivity contribution >= 4 is 17.3 Å². The molecule has 0 spiro atoms. The number of carboxylic acids is 1. The molecule has 1 rings (SSSR count). The summed E-state index contributed by atoms with van der Waals surface area (Å²) in [6, 6.07) is -0.857. The SMILES string of the molecule is CC(C)(C)c1csc(CC(N)C(=O)O)n1. The fourth-order valence-electron chi connectivity index (χ4n) is 1.02. The molecule has 84 valence electrons. The summed E-state index contributed by atoms with van der Waals surface area (Å²) in [5.41, 5.74) is 6.42. The first-order valence-electron chi connectivity index (χ1n) is 4.74. The van der Waals surface area contributed by atoms with Crippen LogP contribution in [0, 0.1) is 0 Å². The second kappa shape index (κ2) is 4.28. The molecule has 0 aromatic carbocycles. The molecule has 0 bridgehead atoms. The largest absolute Gasteiger partial charge is 0.480 e. The Bertz CT molecular complexity index is 355. The standard InChI is InChI=1S/C10H16N2O2S/c1-10(2,3)7-5-15-8(12-7)4-6(11)9(13)14/h5-6H,4,11H2,1-3H3,(H,13,14). The zero-order valence-corrected chi connectivity index (χ0v) is 9.97. The van der Waals surface area contributed by atoms with E-state index in [2.05, 4.69) is 25.8 Å². The van der Waals surface area contributed by atoms with E-state index in [1.54, 1.807) is 0 Å². The lowest BCUT2D eigenvalue weighted by molar-refractivity contribution is -0.138. The van der Waals surface area contributed by atoms with Crippen LogP contribution in [0.15, 0.2) is 5.38 Å². The molecule has 1 aromatic heterocycles. The zero-order chi connectivity index (χ0) is 11.6. The van der Waals surface area contributed by atoms with Crippen molar-refractivity contribution in [2.75, 3.05) is 0 Å². The molecule has 0 radical (unpaired) electrons. The summed E-state index contributed by atoms with van der Waals surface area (Å²) in [4.78, 5) is 14.9. The quantitative estimate of drug-likeness (QED) is 0.819. The topological polar surface area (TPSA) is 76.2 Å². The first-order chi connectivity index (χ1) is 6.80. The third kappa shape index (κ3) is 3.28. The van der Waals surface area contributed by atoms with Gasteiger partial charge < -0.3 is 10.8 Å². The lowest BCUT2D eigenvalue weighted by Crippen LogP contribution is -2.32. The van der Waals surface area contributed by atoms with Crippen molar-refractivity contribution in [1.29, 1.82) is 0 Å². The van der Waals surface area contributed by atoms with E-state index in [4.69, 9.17) is 10.8 Å². The average Bonchev–Trinajstić information content (AvgIpc) is 2.51. The molecule has 1 aromatic rings. The molecule has 0 aliphatic carbocycles. The van der Waals surface area contributed by atoms with Crippen LogP contribution in [0.25, 0.3) is 0 Å². The van der Waals surface area contributed by atoms with Crippen LogP contribution in [-0.4, -0.2) is 22.1 Å². The van der Waals surface area contributed by atoms with Crippen LogP contribution < -0.4 is 5.73 Å². The van der Waals surface area contributed by atoms with Crippen LogP contribution >= 0.6 is 11.3 Å². The molecule has 1 unspecified atom stereocenters. The summed E-state index contributed by atoms with van der Waals surface area (Å²) >= 11 is 1.47. The third-order valence-electron chi connectivity index (χ3n) is 2.03. The van der Waals surface area contributed by atoms with Gasteiger partial charge in [-0.3, -0.25) is 4.79 Å². The highest BCUT2D eigenvalue weighted by atomic mass is 32.1. The number of hydrogen-bond donors (Lipinski definition) is 2. The maximum absolute atomic E-state index is 10.6. The van der Waals surface area contributed by atoms with Gasteiger partial charge in [0.05, 0.1) is 10.7 Å². The Morgan fingerprint density at radius 1 is 1.67 bits per heavy atom. The van der Waals surface area contributed by atoms with E-state index < -0.39 is 12.0 Å². The summed E-state index contributed by atoms with van der Waals surface area (Å²) in [5, 5.41) is 11.4. The summed E-state index contributed by atoms with van der Waals surface area (Å²) < 4.78 is 0. The monoisotopic (exact) mass is 228 g/mol. The van der Waals surface area contributed by atoms with E-state index in [9.17, 15) is 4.79 Å². The van der Waals surface area contributed by atoms with Gasteiger partial charge in [0.25, 0.3) is 0 Å². The molecule has 0 amide bonds. The highest BCUT2D eigenvalue weighted by molar-refractivity contribution is 7.09. The lowest BCUT2D eigenvalue weighted by Gasteiger charge is -2.14. The third-order valence-corrected chi connectivity index (χ3v) is 2.90. The van der Waals surface area contributed by atoms with Gasteiger partial charge in [0.15, 0.2) is 0 Å². The van der Waals surface area contributed by atoms with Gasteiger partial charge in [-0.1, -0.05) is 20.8 Å². The van der Waals surface area contributed by atoms with Gasteiger partial charge in [0, 0.05) is 17.2 Å². The Kier molecular flexibility index (Phi) is 3.46. The van der Waals surface area contributed by atoms with Gasteiger partial charge in [-0.25, -0.2) is 4.98 Å². The molecule has 5 heteroatoms. The minimum Gasteiger partial charge on any atom is -0.480 e. The van der Waals surface area contributed by atoms with E-state index in [1.807, 2.05) is 5.38 Å². The fraction of sp³-hybridized carbons (Fsp3) is 0.600. The van der Waals surface area contributed by atoms with E-state index in [1.165, 1.54) is 11.3 Å². The minimum atomic E-state index is -0.984. The number of aliphatic carboxylic acids is 1. The Hall–Kier alpha value is -0.940. The summed E-state index contributed by atoms with van der Waals surface area (Å²) in [7, 11) is 0. The van der Waals surface area contributed by atoms with Crippen molar-refractivity contribution in [2.24, 2.45) is 5.73 Å². The predicted molar refractivity (Wildman–Crippen MR) is 60.1 cm³/mol. The molecule has 15 heavy (non-hydrogen) atoms. The number of carbonyl (C=O) groups is 1. The molecule has 1 heterocycles. The van der Waals surface area contributed by atoms with Crippen molar-refractivity contribution in [3.63, 3.8) is 0 Å². The highest BCUT2D eigenvalue weighted by Crippen LogP contribution is 2.24. The molecule has 0 aliphatic rings. The second-order valence-corrected chi connectivity index (χ2v) is 5.47. The molecular weight excluding hydrogens is 212 g/mol. The second-order valence-electron chi connectivity index (χ2n) is 4.53. The van der Waals surface area contributed by atoms with Gasteiger partial charge in [-0.2, -0.15) is 0 Å². The average molecular weight is 228 g/mol.